The molecule has 1 amide bonds. The quantitative estimate of drug-likeness (QED) is 0.678. The van der Waals surface area contributed by atoms with Crippen LogP contribution in [0, 0.1) is 6.92 Å². The minimum absolute atomic E-state index is 0.0152. The highest BCUT2D eigenvalue weighted by atomic mass is 35.5. The van der Waals surface area contributed by atoms with Gasteiger partial charge in [0.1, 0.15) is 5.82 Å². The molecule has 1 N–H and O–H groups in total. The van der Waals surface area contributed by atoms with Crippen LogP contribution in [0.2, 0.25) is 5.02 Å². The van der Waals surface area contributed by atoms with E-state index in [2.05, 4.69) is 34.5 Å². The third-order valence-corrected chi connectivity index (χ3v) is 6.39. The molecule has 1 aliphatic rings. The number of benzene rings is 2. The van der Waals surface area contributed by atoms with Gasteiger partial charge in [0.05, 0.1) is 27.4 Å². The minimum atomic E-state index is -0.0353. The van der Waals surface area contributed by atoms with Crippen LogP contribution in [0.25, 0.3) is 5.69 Å². The predicted octanol–water partition coefficient (Wildman–Crippen LogP) is 4.67. The number of aromatic nitrogens is 2. The Bertz CT molecular complexity index is 1030. The predicted molar refractivity (Wildman–Crippen MR) is 117 cm³/mol. The van der Waals surface area contributed by atoms with Gasteiger partial charge in [0.2, 0.25) is 5.91 Å². The fraction of sp³-hybridized carbons (Fsp3) is 0.238. The number of para-hydroxylation sites is 1. The maximum absolute atomic E-state index is 12.4. The van der Waals surface area contributed by atoms with Crippen LogP contribution in [0.4, 0.5) is 11.5 Å². The Balaban J connectivity index is 1.85. The van der Waals surface area contributed by atoms with E-state index < -0.39 is 0 Å². The molecule has 1 unspecified atom stereocenters. The van der Waals surface area contributed by atoms with Gasteiger partial charge in [-0.05, 0) is 36.8 Å². The highest BCUT2D eigenvalue weighted by Crippen LogP contribution is 2.44. The Morgan fingerprint density at radius 2 is 1.89 bits per heavy atom. The van der Waals surface area contributed by atoms with Crippen molar-refractivity contribution in [2.75, 3.05) is 30.1 Å². The summed E-state index contributed by atoms with van der Waals surface area (Å²) in [6.07, 6.45) is 0. The summed E-state index contributed by atoms with van der Waals surface area (Å²) < 4.78 is 1.75. The molecule has 0 saturated heterocycles. The van der Waals surface area contributed by atoms with Crippen molar-refractivity contribution in [3.05, 3.63) is 70.4 Å². The maximum atomic E-state index is 12.4. The molecule has 1 aliphatic heterocycles. The Kier molecular flexibility index (Phi) is 5.08. The van der Waals surface area contributed by atoms with Crippen molar-refractivity contribution >= 4 is 40.8 Å². The van der Waals surface area contributed by atoms with Gasteiger partial charge in [0.15, 0.2) is 0 Å². The normalized spacial score (nSPS) is 16.3. The Hall–Kier alpha value is -2.44. The summed E-state index contributed by atoms with van der Waals surface area (Å²) in [6, 6.07) is 16.0. The average Bonchev–Trinajstić information content (AvgIpc) is 2.88. The number of amides is 1. The molecule has 5 nitrogen and oxygen atoms in total. The lowest BCUT2D eigenvalue weighted by Crippen LogP contribution is -2.16. The van der Waals surface area contributed by atoms with Gasteiger partial charge in [-0.2, -0.15) is 5.10 Å². The third-order valence-electron chi connectivity index (χ3n) is 4.80. The summed E-state index contributed by atoms with van der Waals surface area (Å²) >= 11 is 8.02. The topological polar surface area (TPSA) is 50.2 Å². The Morgan fingerprint density at radius 3 is 2.57 bits per heavy atom. The lowest BCUT2D eigenvalue weighted by molar-refractivity contribution is -0.113. The first kappa shape index (κ1) is 18.9. The molecular weight excluding hydrogens is 392 g/mol. The van der Waals surface area contributed by atoms with E-state index in [4.69, 9.17) is 16.7 Å². The van der Waals surface area contributed by atoms with E-state index in [9.17, 15) is 4.79 Å². The molecule has 0 bridgehead atoms. The van der Waals surface area contributed by atoms with Crippen molar-refractivity contribution in [3.63, 3.8) is 0 Å². The molecule has 0 fully saturated rings. The minimum Gasteiger partial charge on any atom is -0.378 e. The number of halogens is 1. The van der Waals surface area contributed by atoms with Crippen molar-refractivity contribution in [3.8, 4) is 5.69 Å². The molecule has 0 spiro atoms. The first-order valence-electron chi connectivity index (χ1n) is 8.99. The van der Waals surface area contributed by atoms with Crippen LogP contribution >= 0.6 is 23.4 Å². The third kappa shape index (κ3) is 3.38. The number of fused-ring (bicyclic) bond motifs is 1. The number of carbonyl (C=O) groups is 1. The summed E-state index contributed by atoms with van der Waals surface area (Å²) in [4.78, 5) is 14.5. The highest BCUT2D eigenvalue weighted by molar-refractivity contribution is 8.00. The van der Waals surface area contributed by atoms with Gasteiger partial charge in [-0.15, -0.1) is 11.8 Å². The van der Waals surface area contributed by atoms with Gasteiger partial charge >= 0.3 is 0 Å². The van der Waals surface area contributed by atoms with E-state index >= 15 is 0 Å². The molecule has 0 saturated carbocycles. The molecule has 2 aromatic carbocycles. The molecule has 1 atom stereocenters. The molecule has 7 heteroatoms. The van der Waals surface area contributed by atoms with Crippen LogP contribution in [-0.2, 0) is 4.79 Å². The van der Waals surface area contributed by atoms with E-state index in [1.54, 1.807) is 16.4 Å². The molecule has 1 aromatic heterocycles. The molecular formula is C21H21ClN4OS. The van der Waals surface area contributed by atoms with Crippen LogP contribution in [0.5, 0.6) is 0 Å². The van der Waals surface area contributed by atoms with Crippen molar-refractivity contribution in [2.45, 2.75) is 12.2 Å². The van der Waals surface area contributed by atoms with Crippen molar-refractivity contribution < 1.29 is 4.79 Å². The van der Waals surface area contributed by atoms with Crippen LogP contribution in [-0.4, -0.2) is 35.5 Å². The van der Waals surface area contributed by atoms with E-state index in [0.717, 1.165) is 28.2 Å². The zero-order valence-corrected chi connectivity index (χ0v) is 17.5. The van der Waals surface area contributed by atoms with Gasteiger partial charge in [0, 0.05) is 25.3 Å². The summed E-state index contributed by atoms with van der Waals surface area (Å²) in [6.45, 7) is 1.98. The molecule has 144 valence electrons. The Morgan fingerprint density at radius 1 is 1.18 bits per heavy atom. The first-order chi connectivity index (χ1) is 13.5. The molecule has 28 heavy (non-hydrogen) atoms. The summed E-state index contributed by atoms with van der Waals surface area (Å²) in [7, 11) is 4.04. The number of hydrogen-bond acceptors (Lipinski definition) is 4. The van der Waals surface area contributed by atoms with Crippen molar-refractivity contribution in [1.29, 1.82) is 0 Å². The number of aryl methyl sites for hydroxylation is 1. The van der Waals surface area contributed by atoms with Crippen LogP contribution in [0.1, 0.15) is 22.1 Å². The van der Waals surface area contributed by atoms with Crippen molar-refractivity contribution in [2.24, 2.45) is 0 Å². The second-order valence-electron chi connectivity index (χ2n) is 6.94. The van der Waals surface area contributed by atoms with Gasteiger partial charge in [0.25, 0.3) is 0 Å². The smallest absolute Gasteiger partial charge is 0.235 e. The molecule has 2 heterocycles. The zero-order valence-electron chi connectivity index (χ0n) is 15.9. The van der Waals surface area contributed by atoms with E-state index in [-0.39, 0.29) is 11.2 Å². The number of nitrogens with zero attached hydrogens (tertiary/aromatic N) is 3. The summed E-state index contributed by atoms with van der Waals surface area (Å²) in [5, 5.41) is 8.36. The zero-order chi connectivity index (χ0) is 19.8. The lowest BCUT2D eigenvalue weighted by Gasteiger charge is -2.18. The second-order valence-corrected chi connectivity index (χ2v) is 8.44. The Labute approximate surface area is 173 Å². The fourth-order valence-electron chi connectivity index (χ4n) is 3.39. The van der Waals surface area contributed by atoms with Gasteiger partial charge in [-0.1, -0.05) is 35.9 Å². The first-order valence-corrected chi connectivity index (χ1v) is 10.4. The van der Waals surface area contributed by atoms with E-state index in [1.165, 1.54) is 0 Å². The number of hydrogen-bond donors (Lipinski definition) is 1. The lowest BCUT2D eigenvalue weighted by atomic mass is 10.0. The van der Waals surface area contributed by atoms with Crippen LogP contribution in [0.15, 0.2) is 48.5 Å². The molecule has 4 rings (SSSR count). The number of nitrogens with one attached hydrogen (secondary N) is 1. The monoisotopic (exact) mass is 412 g/mol. The molecule has 0 radical (unpaired) electrons. The van der Waals surface area contributed by atoms with Gasteiger partial charge in [-0.3, -0.25) is 4.79 Å². The van der Waals surface area contributed by atoms with E-state index in [1.807, 2.05) is 45.3 Å². The number of anilines is 2. The highest BCUT2D eigenvalue weighted by Gasteiger charge is 2.30. The standard InChI is InChI=1S/C21H21ClN4OS/c1-13-19-20(14-8-10-15(11-9-14)25(2)3)28-12-18(27)23-21(19)26(24-13)17-7-5-4-6-16(17)22/h4-11,20H,12H2,1-3H3,(H,23,27). The molecule has 0 aliphatic carbocycles. The van der Waals surface area contributed by atoms with E-state index in [0.29, 0.717) is 16.6 Å². The SMILES string of the molecule is Cc1nn(-c2ccccc2Cl)c2c1C(c1ccc(N(C)C)cc1)SCC(=O)N2. The summed E-state index contributed by atoms with van der Waals surface area (Å²) in [5.41, 5.74) is 4.94. The van der Waals surface area contributed by atoms with Gasteiger partial charge < -0.3 is 10.2 Å². The second kappa shape index (κ2) is 7.53. The largest absolute Gasteiger partial charge is 0.378 e. The van der Waals surface area contributed by atoms with Crippen LogP contribution < -0.4 is 10.2 Å². The maximum Gasteiger partial charge on any atom is 0.235 e. The average molecular weight is 413 g/mol. The van der Waals surface area contributed by atoms with Gasteiger partial charge in [-0.25, -0.2) is 4.68 Å². The molecule has 3 aromatic rings. The number of carbonyl (C=O) groups excluding carboxylic acids is 1. The number of rotatable bonds is 3. The number of thioether (sulfide) groups is 1. The van der Waals surface area contributed by atoms with Crippen molar-refractivity contribution in [1.82, 2.24) is 9.78 Å². The fourth-order valence-corrected chi connectivity index (χ4v) is 4.80. The summed E-state index contributed by atoms with van der Waals surface area (Å²) in [5.74, 6) is 1.05. The van der Waals surface area contributed by atoms with Crippen LogP contribution in [0.3, 0.4) is 0 Å².